The third-order valence-corrected chi connectivity index (χ3v) is 9.17. The summed E-state index contributed by atoms with van der Waals surface area (Å²) in [5.74, 6) is 0. The van der Waals surface area contributed by atoms with E-state index in [9.17, 15) is 5.11 Å². The second kappa shape index (κ2) is 10.9. The van der Waals surface area contributed by atoms with E-state index in [2.05, 4.69) is 140 Å². The van der Waals surface area contributed by atoms with Gasteiger partial charge in [-0.05, 0) is 85.8 Å². The second-order valence-corrected chi connectivity index (χ2v) is 13.0. The topological polar surface area (TPSA) is 32.7 Å². The van der Waals surface area contributed by atoms with E-state index in [0.717, 1.165) is 28.1 Å². The maximum atomic E-state index is 10.5. The van der Waals surface area contributed by atoms with Crippen LogP contribution in [0.2, 0.25) is 0 Å². The molecule has 3 nitrogen and oxygen atoms in total. The van der Waals surface area contributed by atoms with Crippen molar-refractivity contribution in [1.29, 1.82) is 0 Å². The molecular formula is C39H39BNO2. The summed E-state index contributed by atoms with van der Waals surface area (Å²) in [6.45, 7) is 12.0. The Labute approximate surface area is 257 Å². The van der Waals surface area contributed by atoms with Crippen molar-refractivity contribution in [2.75, 3.05) is 4.90 Å². The van der Waals surface area contributed by atoms with Gasteiger partial charge in [0.2, 0.25) is 0 Å². The van der Waals surface area contributed by atoms with E-state index in [1.807, 2.05) is 13.8 Å². The minimum absolute atomic E-state index is 0.101. The molecule has 0 saturated heterocycles. The lowest BCUT2D eigenvalue weighted by Gasteiger charge is -2.37. The van der Waals surface area contributed by atoms with Gasteiger partial charge in [-0.2, -0.15) is 0 Å². The Morgan fingerprint density at radius 2 is 1.21 bits per heavy atom. The number of hydrogen-bond donors (Lipinski definition) is 1. The van der Waals surface area contributed by atoms with Gasteiger partial charge >= 0.3 is 7.48 Å². The van der Waals surface area contributed by atoms with Gasteiger partial charge in [0.1, 0.15) is 0 Å². The highest BCUT2D eigenvalue weighted by atomic mass is 16.5. The molecule has 5 aromatic rings. The minimum Gasteiger partial charge on any atom is -0.427 e. The number of fused-ring (bicyclic) bond motifs is 3. The largest absolute Gasteiger partial charge is 0.427 e. The van der Waals surface area contributed by atoms with Crippen LogP contribution in [0.15, 0.2) is 121 Å². The Morgan fingerprint density at radius 1 is 0.628 bits per heavy atom. The van der Waals surface area contributed by atoms with Gasteiger partial charge in [0.25, 0.3) is 0 Å². The third kappa shape index (κ3) is 5.31. The van der Waals surface area contributed by atoms with Crippen LogP contribution >= 0.6 is 0 Å². The lowest BCUT2D eigenvalue weighted by Crippen LogP contribution is -2.49. The summed E-state index contributed by atoms with van der Waals surface area (Å²) >= 11 is 0. The molecule has 0 heterocycles. The highest BCUT2D eigenvalue weighted by molar-refractivity contribution is 6.47. The molecule has 1 radical (unpaired) electrons. The fourth-order valence-corrected chi connectivity index (χ4v) is 5.85. The standard InChI is InChI=1S/C39H39BNO2/c1-37(2)34-18-12-10-17-32(34)33-25-24-30(26-35(33)37)41(36-19-13-11-16-31(36)27-14-8-7-9-15-27)29-22-20-28(21-23-29)40-43-39(5,6)38(3,4)42/h7-26,42H,1-6H3. The lowest BCUT2D eigenvalue weighted by molar-refractivity contribution is -0.0893. The number of nitrogens with zero attached hydrogens (tertiary/aromatic N) is 1. The van der Waals surface area contributed by atoms with Crippen LogP contribution in [0.3, 0.4) is 0 Å². The van der Waals surface area contributed by atoms with Crippen LogP contribution in [0.25, 0.3) is 22.3 Å². The van der Waals surface area contributed by atoms with Crippen molar-refractivity contribution in [2.45, 2.75) is 58.2 Å². The number of aliphatic hydroxyl groups is 1. The monoisotopic (exact) mass is 564 g/mol. The van der Waals surface area contributed by atoms with Crippen LogP contribution < -0.4 is 10.4 Å². The molecular weight excluding hydrogens is 525 g/mol. The van der Waals surface area contributed by atoms with Crippen LogP contribution in [-0.2, 0) is 10.1 Å². The van der Waals surface area contributed by atoms with E-state index >= 15 is 0 Å². The average molecular weight is 565 g/mol. The molecule has 0 bridgehead atoms. The number of benzene rings is 5. The van der Waals surface area contributed by atoms with E-state index < -0.39 is 11.2 Å². The number of para-hydroxylation sites is 1. The van der Waals surface area contributed by atoms with Crippen LogP contribution in [0.4, 0.5) is 17.1 Å². The molecule has 215 valence electrons. The van der Waals surface area contributed by atoms with Crippen molar-refractivity contribution >= 4 is 30.0 Å². The molecule has 0 fully saturated rings. The second-order valence-electron chi connectivity index (χ2n) is 13.0. The Balaban J connectivity index is 1.45. The first-order chi connectivity index (χ1) is 20.5. The molecule has 5 aromatic carbocycles. The van der Waals surface area contributed by atoms with Gasteiger partial charge in [-0.25, -0.2) is 0 Å². The summed E-state index contributed by atoms with van der Waals surface area (Å²) in [6.07, 6.45) is 0. The van der Waals surface area contributed by atoms with Crippen molar-refractivity contribution in [3.05, 3.63) is 132 Å². The summed E-state index contributed by atoms with van der Waals surface area (Å²) in [4.78, 5) is 2.35. The summed E-state index contributed by atoms with van der Waals surface area (Å²) in [5.41, 5.74) is 10.0. The molecule has 1 aliphatic rings. The normalized spacial score (nSPS) is 13.7. The first-order valence-electron chi connectivity index (χ1n) is 15.0. The van der Waals surface area contributed by atoms with Gasteiger partial charge in [0.05, 0.1) is 16.9 Å². The Bertz CT molecular complexity index is 1750. The van der Waals surface area contributed by atoms with Crippen molar-refractivity contribution in [3.63, 3.8) is 0 Å². The van der Waals surface area contributed by atoms with E-state index in [-0.39, 0.29) is 5.41 Å². The molecule has 0 unspecified atom stereocenters. The van der Waals surface area contributed by atoms with Crippen LogP contribution in [0.5, 0.6) is 0 Å². The lowest BCUT2D eigenvalue weighted by atomic mass is 9.82. The zero-order valence-corrected chi connectivity index (χ0v) is 25.9. The van der Waals surface area contributed by atoms with Gasteiger partial charge in [0, 0.05) is 22.4 Å². The molecule has 0 saturated carbocycles. The zero-order valence-electron chi connectivity index (χ0n) is 25.9. The molecule has 1 N–H and O–H groups in total. The predicted octanol–water partition coefficient (Wildman–Crippen LogP) is 8.94. The van der Waals surface area contributed by atoms with Gasteiger partial charge in [-0.3, -0.25) is 0 Å². The molecule has 43 heavy (non-hydrogen) atoms. The van der Waals surface area contributed by atoms with Crippen molar-refractivity contribution in [2.24, 2.45) is 0 Å². The van der Waals surface area contributed by atoms with Crippen molar-refractivity contribution in [3.8, 4) is 22.3 Å². The molecule has 1 aliphatic carbocycles. The Hall–Kier alpha value is -4.12. The van der Waals surface area contributed by atoms with Crippen LogP contribution in [0, 0.1) is 0 Å². The van der Waals surface area contributed by atoms with Crippen LogP contribution in [-0.4, -0.2) is 23.8 Å². The fraction of sp³-hybridized carbons (Fsp3) is 0.231. The van der Waals surface area contributed by atoms with E-state index in [1.165, 1.54) is 27.8 Å². The maximum Gasteiger partial charge on any atom is 0.330 e. The third-order valence-electron chi connectivity index (χ3n) is 9.17. The number of anilines is 3. The maximum absolute atomic E-state index is 10.5. The van der Waals surface area contributed by atoms with Gasteiger partial charge in [-0.15, -0.1) is 0 Å². The van der Waals surface area contributed by atoms with Gasteiger partial charge in [-0.1, -0.05) is 110 Å². The Kier molecular flexibility index (Phi) is 7.32. The highest BCUT2D eigenvalue weighted by Gasteiger charge is 2.37. The minimum atomic E-state index is -0.984. The predicted molar refractivity (Wildman–Crippen MR) is 181 cm³/mol. The van der Waals surface area contributed by atoms with Gasteiger partial charge < -0.3 is 14.7 Å². The van der Waals surface area contributed by atoms with E-state index in [0.29, 0.717) is 0 Å². The van der Waals surface area contributed by atoms with E-state index in [4.69, 9.17) is 4.65 Å². The molecule has 0 atom stereocenters. The van der Waals surface area contributed by atoms with Crippen molar-refractivity contribution in [1.82, 2.24) is 0 Å². The first-order valence-corrected chi connectivity index (χ1v) is 15.0. The molecule has 4 heteroatoms. The van der Waals surface area contributed by atoms with E-state index in [1.54, 1.807) is 21.3 Å². The fourth-order valence-electron chi connectivity index (χ4n) is 5.85. The first kappa shape index (κ1) is 29.0. The summed E-state index contributed by atoms with van der Waals surface area (Å²) in [6, 6.07) is 43.2. The number of rotatable bonds is 8. The molecule has 6 rings (SSSR count). The molecule has 0 aliphatic heterocycles. The molecule has 0 spiro atoms. The summed E-state index contributed by atoms with van der Waals surface area (Å²) in [7, 11) is 1.74. The summed E-state index contributed by atoms with van der Waals surface area (Å²) < 4.78 is 6.04. The van der Waals surface area contributed by atoms with Crippen LogP contribution in [0.1, 0.15) is 52.7 Å². The quantitative estimate of drug-likeness (QED) is 0.191. The van der Waals surface area contributed by atoms with Crippen molar-refractivity contribution < 1.29 is 9.76 Å². The zero-order chi connectivity index (χ0) is 30.4. The molecule has 0 aromatic heterocycles. The Morgan fingerprint density at radius 3 is 1.91 bits per heavy atom. The SMILES string of the molecule is CC1(C)c2ccccc2-c2ccc(N(c3ccc([B]OC(C)(C)C(C)(C)O)cc3)c3ccccc3-c3ccccc3)cc21. The average Bonchev–Trinajstić information content (AvgIpc) is 3.23. The highest BCUT2D eigenvalue weighted by Crippen LogP contribution is 2.51. The molecule has 0 amide bonds. The smallest absolute Gasteiger partial charge is 0.330 e. The summed E-state index contributed by atoms with van der Waals surface area (Å²) in [5, 5.41) is 10.5. The van der Waals surface area contributed by atoms with Gasteiger partial charge in [0.15, 0.2) is 0 Å². The number of hydrogen-bond acceptors (Lipinski definition) is 3.